The molecule has 1 amide bonds. The van der Waals surface area contributed by atoms with Crippen molar-refractivity contribution in [2.75, 3.05) is 5.32 Å². The molecule has 3 aromatic rings. The summed E-state index contributed by atoms with van der Waals surface area (Å²) in [7, 11) is 0. The maximum Gasteiger partial charge on any atom is 0.341 e. The normalized spacial score (nSPS) is 13.4. The van der Waals surface area contributed by atoms with E-state index in [1.54, 1.807) is 0 Å². The molecule has 134 valence electrons. The summed E-state index contributed by atoms with van der Waals surface area (Å²) in [5.74, 6) is -0.559. The molecule has 1 aliphatic carbocycles. The minimum absolute atomic E-state index is 0.141. The highest BCUT2D eigenvalue weighted by molar-refractivity contribution is 7.18. The number of aryl methyl sites for hydroxylation is 1. The van der Waals surface area contributed by atoms with Crippen LogP contribution in [0.4, 0.5) is 5.00 Å². The van der Waals surface area contributed by atoms with Crippen LogP contribution in [0, 0.1) is 0 Å². The van der Waals surface area contributed by atoms with Crippen molar-refractivity contribution in [2.24, 2.45) is 0 Å². The number of nitrogens with one attached hydrogen (secondary N) is 1. The van der Waals surface area contributed by atoms with Crippen LogP contribution in [0.25, 0.3) is 10.2 Å². The molecule has 26 heavy (non-hydrogen) atoms. The molecule has 0 bridgehead atoms. The fraction of sp³-hybridized carbons (Fsp3) is 0.316. The lowest BCUT2D eigenvalue weighted by atomic mass is 9.95. The average molecular weight is 386 g/mol. The molecule has 0 fully saturated rings. The van der Waals surface area contributed by atoms with Crippen molar-refractivity contribution in [1.82, 2.24) is 4.98 Å². The first-order valence-corrected chi connectivity index (χ1v) is 10.2. The van der Waals surface area contributed by atoms with Gasteiger partial charge in [0.25, 0.3) is 0 Å². The van der Waals surface area contributed by atoms with Crippen LogP contribution in [0.15, 0.2) is 24.3 Å². The molecule has 1 N–H and O–H groups in total. The number of thiophene rings is 1. The van der Waals surface area contributed by atoms with Crippen molar-refractivity contribution in [2.45, 2.75) is 39.2 Å². The molecular formula is C19H18N2O3S2. The number of thiazole rings is 1. The van der Waals surface area contributed by atoms with Gasteiger partial charge in [-0.1, -0.05) is 12.1 Å². The lowest BCUT2D eigenvalue weighted by Crippen LogP contribution is -2.13. The number of anilines is 1. The van der Waals surface area contributed by atoms with Gasteiger partial charge in [0.2, 0.25) is 5.91 Å². The molecule has 1 aliphatic rings. The highest BCUT2D eigenvalue weighted by Crippen LogP contribution is 2.38. The number of hydrogen-bond donors (Lipinski definition) is 1. The first-order valence-electron chi connectivity index (χ1n) is 8.55. The molecule has 1 aromatic carbocycles. The van der Waals surface area contributed by atoms with Crippen molar-refractivity contribution in [1.29, 1.82) is 0 Å². The highest BCUT2D eigenvalue weighted by atomic mass is 32.1. The van der Waals surface area contributed by atoms with Gasteiger partial charge in [-0.25, -0.2) is 9.78 Å². The van der Waals surface area contributed by atoms with Crippen molar-refractivity contribution in [3.8, 4) is 0 Å². The highest BCUT2D eigenvalue weighted by Gasteiger charge is 2.27. The summed E-state index contributed by atoms with van der Waals surface area (Å²) in [5, 5.41) is 4.18. The van der Waals surface area contributed by atoms with Crippen molar-refractivity contribution in [3.63, 3.8) is 0 Å². The molecule has 2 heterocycles. The number of para-hydroxylation sites is 1. The van der Waals surface area contributed by atoms with Crippen LogP contribution in [0.1, 0.15) is 45.6 Å². The first-order chi connectivity index (χ1) is 12.6. The molecule has 7 heteroatoms. The predicted octanol–water partition coefficient (Wildman–Crippen LogP) is 4.55. The van der Waals surface area contributed by atoms with E-state index in [1.807, 2.05) is 24.3 Å². The smallest absolute Gasteiger partial charge is 0.341 e. The average Bonchev–Trinajstić information content (AvgIpc) is 3.19. The van der Waals surface area contributed by atoms with Gasteiger partial charge in [-0.05, 0) is 43.4 Å². The second kappa shape index (κ2) is 7.17. The second-order valence-corrected chi connectivity index (χ2v) is 8.47. The van der Waals surface area contributed by atoms with E-state index in [0.29, 0.717) is 10.6 Å². The van der Waals surface area contributed by atoms with Gasteiger partial charge in [-0.2, -0.15) is 0 Å². The van der Waals surface area contributed by atoms with Crippen molar-refractivity contribution >= 4 is 49.8 Å². The second-order valence-electron chi connectivity index (χ2n) is 6.25. The topological polar surface area (TPSA) is 68.3 Å². The summed E-state index contributed by atoms with van der Waals surface area (Å²) in [4.78, 5) is 30.0. The molecule has 0 unspecified atom stereocenters. The fourth-order valence-corrected chi connectivity index (χ4v) is 5.41. The Labute approximate surface area is 159 Å². The monoisotopic (exact) mass is 386 g/mol. The van der Waals surface area contributed by atoms with Gasteiger partial charge in [-0.15, -0.1) is 22.7 Å². The summed E-state index contributed by atoms with van der Waals surface area (Å²) >= 11 is 3.02. The zero-order valence-electron chi connectivity index (χ0n) is 14.3. The van der Waals surface area contributed by atoms with E-state index in [-0.39, 0.29) is 18.5 Å². The number of ether oxygens (including phenoxy) is 1. The van der Waals surface area contributed by atoms with Crippen LogP contribution in [-0.2, 0) is 29.0 Å². The zero-order valence-corrected chi connectivity index (χ0v) is 16.0. The number of amides is 1. The molecule has 0 radical (unpaired) electrons. The maximum atomic E-state index is 12.8. The number of hydrogen-bond acceptors (Lipinski definition) is 6. The number of carbonyl (C=O) groups excluding carboxylic acids is 2. The summed E-state index contributed by atoms with van der Waals surface area (Å²) < 4.78 is 6.63. The van der Waals surface area contributed by atoms with E-state index in [0.717, 1.165) is 46.5 Å². The number of aromatic nitrogens is 1. The zero-order chi connectivity index (χ0) is 18.1. The predicted molar refractivity (Wildman–Crippen MR) is 104 cm³/mol. The fourth-order valence-electron chi connectivity index (χ4n) is 3.21. The van der Waals surface area contributed by atoms with Crippen molar-refractivity contribution < 1.29 is 14.3 Å². The van der Waals surface area contributed by atoms with E-state index >= 15 is 0 Å². The maximum absolute atomic E-state index is 12.8. The third-order valence-corrected chi connectivity index (χ3v) is 6.55. The molecule has 0 saturated carbocycles. The molecule has 5 nitrogen and oxygen atoms in total. The van der Waals surface area contributed by atoms with Crippen LogP contribution >= 0.6 is 22.7 Å². The van der Waals surface area contributed by atoms with E-state index in [1.165, 1.54) is 34.5 Å². The molecule has 0 spiro atoms. The third-order valence-electron chi connectivity index (χ3n) is 4.33. The number of esters is 1. The lowest BCUT2D eigenvalue weighted by molar-refractivity contribution is -0.114. The van der Waals surface area contributed by atoms with Gasteiger partial charge in [0, 0.05) is 11.8 Å². The van der Waals surface area contributed by atoms with Gasteiger partial charge >= 0.3 is 5.97 Å². The Balaban J connectivity index is 1.57. The van der Waals surface area contributed by atoms with Gasteiger partial charge in [0.05, 0.1) is 15.8 Å². The van der Waals surface area contributed by atoms with Gasteiger partial charge in [0.15, 0.2) is 0 Å². The Hall–Kier alpha value is -2.25. The quantitative estimate of drug-likeness (QED) is 0.668. The van der Waals surface area contributed by atoms with Crippen LogP contribution in [-0.4, -0.2) is 16.9 Å². The minimum Gasteiger partial charge on any atom is -0.455 e. The Morgan fingerprint density at radius 3 is 2.81 bits per heavy atom. The van der Waals surface area contributed by atoms with Crippen LogP contribution in [0.2, 0.25) is 0 Å². The third kappa shape index (κ3) is 3.37. The number of carbonyl (C=O) groups is 2. The lowest BCUT2D eigenvalue weighted by Gasteiger charge is -2.12. The van der Waals surface area contributed by atoms with E-state index < -0.39 is 0 Å². The van der Waals surface area contributed by atoms with E-state index in [9.17, 15) is 9.59 Å². The Bertz CT molecular complexity index is 957. The molecule has 0 saturated heterocycles. The molecular weight excluding hydrogens is 368 g/mol. The molecule has 0 atom stereocenters. The largest absolute Gasteiger partial charge is 0.455 e. The molecule has 4 rings (SSSR count). The Morgan fingerprint density at radius 2 is 2.00 bits per heavy atom. The SMILES string of the molecule is CC(=O)Nc1sc2c(c1C(=O)OCc1nc3ccccc3s1)CCCC2. The van der Waals surface area contributed by atoms with Crippen molar-refractivity contribution in [3.05, 3.63) is 45.3 Å². The Kier molecular flexibility index (Phi) is 4.74. The summed E-state index contributed by atoms with van der Waals surface area (Å²) in [6.07, 6.45) is 3.99. The number of benzene rings is 1. The summed E-state index contributed by atoms with van der Waals surface area (Å²) in [6.45, 7) is 1.59. The number of rotatable bonds is 4. The first kappa shape index (κ1) is 17.2. The van der Waals surface area contributed by atoms with E-state index in [2.05, 4.69) is 10.3 Å². The van der Waals surface area contributed by atoms with Crippen LogP contribution < -0.4 is 5.32 Å². The Morgan fingerprint density at radius 1 is 1.19 bits per heavy atom. The minimum atomic E-state index is -0.382. The number of fused-ring (bicyclic) bond motifs is 2. The van der Waals surface area contributed by atoms with Gasteiger partial charge < -0.3 is 10.1 Å². The van der Waals surface area contributed by atoms with Gasteiger partial charge in [0.1, 0.15) is 16.6 Å². The molecule has 0 aliphatic heterocycles. The van der Waals surface area contributed by atoms with E-state index in [4.69, 9.17) is 4.74 Å². The standard InChI is InChI=1S/C19H18N2O3S2/c1-11(22)20-18-17(12-6-2-4-8-14(12)26-18)19(23)24-10-16-21-13-7-3-5-9-15(13)25-16/h3,5,7,9H,2,4,6,8,10H2,1H3,(H,20,22). The van der Waals surface area contributed by atoms with Crippen LogP contribution in [0.5, 0.6) is 0 Å². The van der Waals surface area contributed by atoms with Crippen LogP contribution in [0.3, 0.4) is 0 Å². The number of nitrogens with zero attached hydrogens (tertiary/aromatic N) is 1. The molecule has 2 aromatic heterocycles. The van der Waals surface area contributed by atoms with Gasteiger partial charge in [-0.3, -0.25) is 4.79 Å². The summed E-state index contributed by atoms with van der Waals surface area (Å²) in [6, 6.07) is 7.85. The summed E-state index contributed by atoms with van der Waals surface area (Å²) in [5.41, 5.74) is 2.48.